The number of nitrogens with zero attached hydrogens (tertiary/aromatic N) is 2. The van der Waals surface area contributed by atoms with Gasteiger partial charge < -0.3 is 20.5 Å². The number of nitrogens with two attached hydrogens (primary N) is 1. The Balaban J connectivity index is 0.000000203. The maximum Gasteiger partial charge on any atom is 0.416 e. The van der Waals surface area contributed by atoms with Gasteiger partial charge in [-0.05, 0) is 67.8 Å². The first-order valence-electron chi connectivity index (χ1n) is 11.1. The van der Waals surface area contributed by atoms with Crippen LogP contribution in [-0.4, -0.2) is 41.4 Å². The van der Waals surface area contributed by atoms with Crippen LogP contribution in [0.3, 0.4) is 0 Å². The summed E-state index contributed by atoms with van der Waals surface area (Å²) in [7, 11) is 0. The van der Waals surface area contributed by atoms with Crippen LogP contribution in [0.1, 0.15) is 35.3 Å². The highest BCUT2D eigenvalue weighted by Crippen LogP contribution is 2.32. The first-order chi connectivity index (χ1) is 16.5. The van der Waals surface area contributed by atoms with E-state index >= 15 is 0 Å². The normalized spacial score (nSPS) is 17.9. The van der Waals surface area contributed by atoms with E-state index in [1.165, 1.54) is 18.2 Å². The van der Waals surface area contributed by atoms with Crippen molar-refractivity contribution in [2.75, 3.05) is 23.7 Å². The fourth-order valence-corrected chi connectivity index (χ4v) is 3.97. The summed E-state index contributed by atoms with van der Waals surface area (Å²) >= 11 is 0. The van der Waals surface area contributed by atoms with Crippen LogP contribution >= 0.6 is 0 Å². The number of alkyl halides is 3. The minimum Gasteiger partial charge on any atom is -0.478 e. The maximum absolute atomic E-state index is 12.5. The van der Waals surface area contributed by atoms with Crippen molar-refractivity contribution in [2.45, 2.75) is 39.2 Å². The molecule has 1 aliphatic heterocycles. The molecule has 0 bridgehead atoms. The monoisotopic (exact) mass is 487 g/mol. The molecule has 0 spiro atoms. The fourth-order valence-electron chi connectivity index (χ4n) is 3.97. The zero-order valence-electron chi connectivity index (χ0n) is 19.7. The smallest absolute Gasteiger partial charge is 0.416 e. The molecule has 186 valence electrons. The number of aromatic carboxylic acids is 1. The van der Waals surface area contributed by atoms with Crippen molar-refractivity contribution in [3.8, 4) is 11.1 Å². The predicted molar refractivity (Wildman–Crippen MR) is 129 cm³/mol. The number of anilines is 2. The molecule has 4 rings (SSSR count). The van der Waals surface area contributed by atoms with Gasteiger partial charge in [0.05, 0.1) is 35.2 Å². The highest BCUT2D eigenvalue weighted by atomic mass is 19.4. The van der Waals surface area contributed by atoms with E-state index in [2.05, 4.69) is 23.7 Å². The van der Waals surface area contributed by atoms with E-state index in [9.17, 15) is 18.0 Å². The topological polar surface area (TPSA) is 88.7 Å². The molecular formula is C26H28F3N3O3. The standard InChI is InChI=1S/C15H11F3O2.C11H17N3O/c1-9-12(3-2-4-13(9)14(19)20)10-5-7-11(8-6-10)15(16,17)18;1-8-6-14(7-9(2)15-8)11-4-3-10(12)5-13-11/h2-8H,1H3,(H,19,20);3-5,8-9H,6-7,12H2,1-2H3. The number of aromatic nitrogens is 1. The lowest BCUT2D eigenvalue weighted by atomic mass is 9.96. The molecular weight excluding hydrogens is 459 g/mol. The summed E-state index contributed by atoms with van der Waals surface area (Å²) in [6, 6.07) is 13.2. The summed E-state index contributed by atoms with van der Waals surface area (Å²) in [6.45, 7) is 7.58. The second kappa shape index (κ2) is 10.8. The van der Waals surface area contributed by atoms with Crippen molar-refractivity contribution in [3.63, 3.8) is 0 Å². The Labute approximate surface area is 202 Å². The van der Waals surface area contributed by atoms with Crippen LogP contribution in [-0.2, 0) is 10.9 Å². The van der Waals surface area contributed by atoms with Crippen LogP contribution in [0.5, 0.6) is 0 Å². The van der Waals surface area contributed by atoms with Crippen molar-refractivity contribution in [2.24, 2.45) is 0 Å². The molecule has 35 heavy (non-hydrogen) atoms. The van der Waals surface area contributed by atoms with Crippen LogP contribution in [0.4, 0.5) is 24.7 Å². The first kappa shape index (κ1) is 26.0. The molecule has 1 saturated heterocycles. The molecule has 0 amide bonds. The van der Waals surface area contributed by atoms with Crippen molar-refractivity contribution in [1.82, 2.24) is 4.98 Å². The van der Waals surface area contributed by atoms with Crippen molar-refractivity contribution in [3.05, 3.63) is 77.5 Å². The molecule has 2 aromatic carbocycles. The van der Waals surface area contributed by atoms with Gasteiger partial charge >= 0.3 is 12.1 Å². The highest BCUT2D eigenvalue weighted by Gasteiger charge is 2.30. The molecule has 0 radical (unpaired) electrons. The number of hydrogen-bond acceptors (Lipinski definition) is 5. The minimum absolute atomic E-state index is 0.141. The largest absolute Gasteiger partial charge is 0.478 e. The van der Waals surface area contributed by atoms with Crippen LogP contribution in [0.2, 0.25) is 0 Å². The average Bonchev–Trinajstić information content (AvgIpc) is 2.79. The minimum atomic E-state index is -4.38. The maximum atomic E-state index is 12.5. The van der Waals surface area contributed by atoms with E-state index in [-0.39, 0.29) is 17.8 Å². The van der Waals surface area contributed by atoms with Gasteiger partial charge in [0.1, 0.15) is 5.82 Å². The summed E-state index contributed by atoms with van der Waals surface area (Å²) in [5.74, 6) is -0.0811. The Hall–Kier alpha value is -3.59. The molecule has 9 heteroatoms. The highest BCUT2D eigenvalue weighted by molar-refractivity contribution is 5.92. The molecule has 3 N–H and O–H groups in total. The Morgan fingerprint density at radius 3 is 2.20 bits per heavy atom. The SMILES string of the molecule is CC1CN(c2ccc(N)cn2)CC(C)O1.Cc1c(C(=O)O)cccc1-c1ccc(C(F)(F)F)cc1. The van der Waals surface area contributed by atoms with Crippen LogP contribution < -0.4 is 10.6 Å². The molecule has 2 heterocycles. The van der Waals surface area contributed by atoms with Gasteiger partial charge in [0.15, 0.2) is 0 Å². The predicted octanol–water partition coefficient (Wildman–Crippen LogP) is 5.66. The number of hydrogen-bond donors (Lipinski definition) is 2. The van der Waals surface area contributed by atoms with E-state index in [0.29, 0.717) is 22.4 Å². The van der Waals surface area contributed by atoms with Crippen LogP contribution in [0, 0.1) is 6.92 Å². The Morgan fingerprint density at radius 1 is 1.06 bits per heavy atom. The van der Waals surface area contributed by atoms with Crippen LogP contribution in [0.15, 0.2) is 60.8 Å². The number of morpholine rings is 1. The number of carbonyl (C=O) groups is 1. The second-order valence-electron chi connectivity index (χ2n) is 8.47. The average molecular weight is 488 g/mol. The molecule has 0 aliphatic carbocycles. The van der Waals surface area contributed by atoms with Gasteiger partial charge in [-0.25, -0.2) is 9.78 Å². The zero-order chi connectivity index (χ0) is 25.8. The van der Waals surface area contributed by atoms with E-state index in [4.69, 9.17) is 15.6 Å². The molecule has 1 aliphatic rings. The second-order valence-corrected chi connectivity index (χ2v) is 8.47. The summed E-state index contributed by atoms with van der Waals surface area (Å²) in [4.78, 5) is 17.6. The molecule has 3 aromatic rings. The number of nitrogen functional groups attached to an aromatic ring is 1. The van der Waals surface area contributed by atoms with Crippen molar-refractivity contribution >= 4 is 17.5 Å². The Bertz CT molecular complexity index is 1140. The number of ether oxygens (including phenoxy) is 1. The number of carboxylic acids is 1. The van der Waals surface area contributed by atoms with Gasteiger partial charge in [-0.15, -0.1) is 0 Å². The Morgan fingerprint density at radius 2 is 1.69 bits per heavy atom. The van der Waals surface area contributed by atoms with E-state index in [1.54, 1.807) is 25.3 Å². The molecule has 0 saturated carbocycles. The lowest BCUT2D eigenvalue weighted by molar-refractivity contribution is -0.137. The van der Waals surface area contributed by atoms with Crippen molar-refractivity contribution < 1.29 is 27.8 Å². The molecule has 1 fully saturated rings. The van der Waals surface area contributed by atoms with E-state index in [1.807, 2.05) is 12.1 Å². The number of benzene rings is 2. The van der Waals surface area contributed by atoms with Gasteiger partial charge in [0, 0.05) is 13.1 Å². The fraction of sp³-hybridized carbons (Fsp3) is 0.308. The molecule has 6 nitrogen and oxygen atoms in total. The molecule has 2 unspecified atom stereocenters. The van der Waals surface area contributed by atoms with E-state index < -0.39 is 17.7 Å². The zero-order valence-corrected chi connectivity index (χ0v) is 19.7. The van der Waals surface area contributed by atoms with Gasteiger partial charge in [-0.1, -0.05) is 24.3 Å². The Kier molecular flexibility index (Phi) is 8.01. The number of pyridine rings is 1. The summed E-state index contributed by atoms with van der Waals surface area (Å²) < 4.78 is 43.1. The van der Waals surface area contributed by atoms with Gasteiger partial charge in [0.2, 0.25) is 0 Å². The van der Waals surface area contributed by atoms with Gasteiger partial charge in [-0.3, -0.25) is 0 Å². The summed E-state index contributed by atoms with van der Waals surface area (Å²) in [6.07, 6.45) is -2.17. The third-order valence-corrected chi connectivity index (χ3v) is 5.60. The number of halogens is 3. The summed E-state index contributed by atoms with van der Waals surface area (Å²) in [5.41, 5.74) is 7.41. The lowest BCUT2D eigenvalue weighted by Crippen LogP contribution is -2.45. The number of carboxylic acid groups (broad SMARTS) is 1. The number of rotatable bonds is 3. The lowest BCUT2D eigenvalue weighted by Gasteiger charge is -2.36. The molecule has 1 aromatic heterocycles. The quantitative estimate of drug-likeness (QED) is 0.496. The van der Waals surface area contributed by atoms with E-state index in [0.717, 1.165) is 31.0 Å². The first-order valence-corrected chi connectivity index (χ1v) is 11.1. The summed E-state index contributed by atoms with van der Waals surface area (Å²) in [5, 5.41) is 9.04. The van der Waals surface area contributed by atoms with Crippen molar-refractivity contribution in [1.29, 1.82) is 0 Å². The van der Waals surface area contributed by atoms with Gasteiger partial charge in [0.25, 0.3) is 0 Å². The third kappa shape index (κ3) is 6.73. The molecule has 2 atom stereocenters. The van der Waals surface area contributed by atoms with Gasteiger partial charge in [-0.2, -0.15) is 13.2 Å². The van der Waals surface area contributed by atoms with Crippen LogP contribution in [0.25, 0.3) is 11.1 Å². The third-order valence-electron chi connectivity index (χ3n) is 5.60.